The smallest absolute Gasteiger partial charge is 0.119 e. The van der Waals surface area contributed by atoms with Crippen LogP contribution in [0.15, 0.2) is 61.2 Å². The summed E-state index contributed by atoms with van der Waals surface area (Å²) in [5, 5.41) is 13.1. The van der Waals surface area contributed by atoms with Gasteiger partial charge in [-0.05, 0) is 30.7 Å². The number of nitrogens with one attached hydrogen (secondary N) is 1. The third-order valence-electron chi connectivity index (χ3n) is 3.19. The molecule has 0 bridgehead atoms. The van der Waals surface area contributed by atoms with Crippen molar-refractivity contribution in [3.63, 3.8) is 0 Å². The Hall–Kier alpha value is -2.26. The first-order valence-electron chi connectivity index (χ1n) is 7.04. The van der Waals surface area contributed by atoms with Gasteiger partial charge in [0.1, 0.15) is 12.4 Å². The number of hydrogen-bond acceptors (Lipinski definition) is 3. The minimum atomic E-state index is -0.483. The molecule has 0 aliphatic rings. The van der Waals surface area contributed by atoms with Crippen LogP contribution in [0.3, 0.4) is 0 Å². The number of ether oxygens (including phenoxy) is 1. The van der Waals surface area contributed by atoms with Gasteiger partial charge < -0.3 is 15.2 Å². The summed E-state index contributed by atoms with van der Waals surface area (Å²) in [5.41, 5.74) is 3.02. The highest BCUT2D eigenvalue weighted by Gasteiger charge is 2.06. The molecule has 0 aliphatic heterocycles. The Balaban J connectivity index is 1.98. The van der Waals surface area contributed by atoms with Crippen molar-refractivity contribution in [2.24, 2.45) is 0 Å². The van der Waals surface area contributed by atoms with Crippen LogP contribution >= 0.6 is 0 Å². The maximum atomic E-state index is 9.76. The van der Waals surface area contributed by atoms with Gasteiger partial charge in [-0.1, -0.05) is 43.0 Å². The van der Waals surface area contributed by atoms with Gasteiger partial charge in [0.25, 0.3) is 0 Å². The third kappa shape index (κ3) is 4.36. The third-order valence-corrected chi connectivity index (χ3v) is 3.19. The molecule has 0 saturated carbocycles. The molecule has 0 aromatic heterocycles. The molecule has 0 heterocycles. The first kappa shape index (κ1) is 15.1. The van der Waals surface area contributed by atoms with Gasteiger partial charge in [0.15, 0.2) is 0 Å². The average molecular weight is 283 g/mol. The molecule has 3 heteroatoms. The highest BCUT2D eigenvalue weighted by molar-refractivity contribution is 5.52. The van der Waals surface area contributed by atoms with Crippen LogP contribution < -0.4 is 10.1 Å². The van der Waals surface area contributed by atoms with Crippen molar-refractivity contribution in [1.29, 1.82) is 0 Å². The highest BCUT2D eigenvalue weighted by Crippen LogP contribution is 2.23. The van der Waals surface area contributed by atoms with Crippen LogP contribution in [-0.4, -0.2) is 11.7 Å². The Morgan fingerprint density at radius 2 is 1.90 bits per heavy atom. The van der Waals surface area contributed by atoms with E-state index in [4.69, 9.17) is 4.74 Å². The van der Waals surface area contributed by atoms with Crippen LogP contribution in [-0.2, 0) is 6.54 Å². The van der Waals surface area contributed by atoms with Crippen molar-refractivity contribution in [2.75, 3.05) is 11.9 Å². The SMILES string of the molecule is C=CCOc1ccc(CNc2ccccc2C(C)O)cc1. The predicted molar refractivity (Wildman–Crippen MR) is 86.5 cm³/mol. The van der Waals surface area contributed by atoms with Crippen LogP contribution in [0.1, 0.15) is 24.2 Å². The highest BCUT2D eigenvalue weighted by atomic mass is 16.5. The lowest BCUT2D eigenvalue weighted by molar-refractivity contribution is 0.200. The number of hydrogen-bond donors (Lipinski definition) is 2. The lowest BCUT2D eigenvalue weighted by Gasteiger charge is -2.14. The summed E-state index contributed by atoms with van der Waals surface area (Å²) in [6.45, 7) is 6.61. The van der Waals surface area contributed by atoms with Crippen molar-refractivity contribution >= 4 is 5.69 Å². The van der Waals surface area contributed by atoms with E-state index in [2.05, 4.69) is 11.9 Å². The fourth-order valence-corrected chi connectivity index (χ4v) is 2.08. The molecule has 0 spiro atoms. The Morgan fingerprint density at radius 3 is 2.57 bits per heavy atom. The van der Waals surface area contributed by atoms with Gasteiger partial charge in [0.2, 0.25) is 0 Å². The molecular weight excluding hydrogens is 262 g/mol. The van der Waals surface area contributed by atoms with Gasteiger partial charge in [0, 0.05) is 17.8 Å². The molecule has 3 nitrogen and oxygen atoms in total. The number of aliphatic hydroxyl groups is 1. The van der Waals surface area contributed by atoms with E-state index >= 15 is 0 Å². The fourth-order valence-electron chi connectivity index (χ4n) is 2.08. The summed E-state index contributed by atoms with van der Waals surface area (Å²) in [4.78, 5) is 0. The maximum Gasteiger partial charge on any atom is 0.119 e. The van der Waals surface area contributed by atoms with Gasteiger partial charge in [-0.15, -0.1) is 0 Å². The van der Waals surface area contributed by atoms with E-state index in [1.807, 2.05) is 48.5 Å². The van der Waals surface area contributed by atoms with Crippen LogP contribution in [0.2, 0.25) is 0 Å². The van der Waals surface area contributed by atoms with E-state index in [0.717, 1.165) is 22.6 Å². The van der Waals surface area contributed by atoms with Crippen molar-refractivity contribution in [3.8, 4) is 5.75 Å². The molecule has 0 amide bonds. The maximum absolute atomic E-state index is 9.76. The van der Waals surface area contributed by atoms with Crippen LogP contribution in [0.25, 0.3) is 0 Å². The van der Waals surface area contributed by atoms with Gasteiger partial charge in [-0.25, -0.2) is 0 Å². The largest absolute Gasteiger partial charge is 0.490 e. The summed E-state index contributed by atoms with van der Waals surface area (Å²) in [5.74, 6) is 0.836. The van der Waals surface area contributed by atoms with Gasteiger partial charge >= 0.3 is 0 Å². The van der Waals surface area contributed by atoms with Crippen molar-refractivity contribution in [3.05, 3.63) is 72.3 Å². The molecule has 2 aromatic carbocycles. The minimum Gasteiger partial charge on any atom is -0.490 e. The lowest BCUT2D eigenvalue weighted by atomic mass is 10.1. The number of benzene rings is 2. The van der Waals surface area contributed by atoms with E-state index in [-0.39, 0.29) is 0 Å². The van der Waals surface area contributed by atoms with Gasteiger partial charge in [-0.2, -0.15) is 0 Å². The first-order chi connectivity index (χ1) is 10.2. The second-order valence-corrected chi connectivity index (χ2v) is 4.86. The van der Waals surface area contributed by atoms with Gasteiger partial charge in [-0.3, -0.25) is 0 Å². The summed E-state index contributed by atoms with van der Waals surface area (Å²) in [6.07, 6.45) is 1.24. The number of aliphatic hydroxyl groups excluding tert-OH is 1. The monoisotopic (exact) mass is 283 g/mol. The molecule has 21 heavy (non-hydrogen) atoms. The first-order valence-corrected chi connectivity index (χ1v) is 7.04. The summed E-state index contributed by atoms with van der Waals surface area (Å²) < 4.78 is 5.45. The Bertz CT molecular complexity index is 576. The average Bonchev–Trinajstić information content (AvgIpc) is 2.52. The molecule has 0 radical (unpaired) electrons. The second-order valence-electron chi connectivity index (χ2n) is 4.86. The topological polar surface area (TPSA) is 41.5 Å². The van der Waals surface area contributed by atoms with E-state index in [0.29, 0.717) is 13.2 Å². The van der Waals surface area contributed by atoms with E-state index in [9.17, 15) is 5.11 Å². The molecule has 0 saturated heterocycles. The Labute approximate surface area is 125 Å². The molecular formula is C18H21NO2. The number of anilines is 1. The predicted octanol–water partition coefficient (Wildman–Crippen LogP) is 3.92. The number of para-hydroxylation sites is 1. The van der Waals surface area contributed by atoms with Crippen molar-refractivity contribution < 1.29 is 9.84 Å². The van der Waals surface area contributed by atoms with Crippen molar-refractivity contribution in [1.82, 2.24) is 0 Å². The molecule has 2 aromatic rings. The lowest BCUT2D eigenvalue weighted by Crippen LogP contribution is -2.04. The molecule has 2 N–H and O–H groups in total. The van der Waals surface area contributed by atoms with E-state index in [1.165, 1.54) is 0 Å². The zero-order valence-electron chi connectivity index (χ0n) is 12.3. The van der Waals surface area contributed by atoms with E-state index in [1.54, 1.807) is 13.0 Å². The fraction of sp³-hybridized carbons (Fsp3) is 0.222. The second kappa shape index (κ2) is 7.50. The van der Waals surface area contributed by atoms with Gasteiger partial charge in [0.05, 0.1) is 6.10 Å². The molecule has 1 atom stereocenters. The summed E-state index contributed by atoms with van der Waals surface area (Å²) in [6, 6.07) is 15.7. The molecule has 0 aliphatic carbocycles. The van der Waals surface area contributed by atoms with Crippen LogP contribution in [0, 0.1) is 0 Å². The molecule has 110 valence electrons. The standard InChI is InChI=1S/C18H21NO2/c1-3-12-21-16-10-8-15(9-11-16)13-19-18-7-5-4-6-17(18)14(2)20/h3-11,14,19-20H,1,12-13H2,2H3. The summed E-state index contributed by atoms with van der Waals surface area (Å²) >= 11 is 0. The zero-order valence-corrected chi connectivity index (χ0v) is 12.3. The number of rotatable bonds is 7. The van der Waals surface area contributed by atoms with Crippen LogP contribution in [0.4, 0.5) is 5.69 Å². The van der Waals surface area contributed by atoms with Crippen LogP contribution in [0.5, 0.6) is 5.75 Å². The zero-order chi connectivity index (χ0) is 15.1. The van der Waals surface area contributed by atoms with E-state index < -0.39 is 6.10 Å². The minimum absolute atomic E-state index is 0.483. The molecule has 0 fully saturated rings. The Kier molecular flexibility index (Phi) is 5.41. The normalized spacial score (nSPS) is 11.7. The summed E-state index contributed by atoms with van der Waals surface area (Å²) in [7, 11) is 0. The van der Waals surface area contributed by atoms with Crippen molar-refractivity contribution in [2.45, 2.75) is 19.6 Å². The molecule has 1 unspecified atom stereocenters. The molecule has 2 rings (SSSR count). The quantitative estimate of drug-likeness (QED) is 0.757. The Morgan fingerprint density at radius 1 is 1.19 bits per heavy atom.